The SMILES string of the molecule is O=C(N[C@@H]1CCC[C@@H](C(F)(F)F)C1)[C@@H]1CCCN1C(=O)C1CCCCC1. The van der Waals surface area contributed by atoms with Gasteiger partial charge in [-0.2, -0.15) is 13.2 Å². The number of nitrogens with one attached hydrogen (secondary N) is 1. The van der Waals surface area contributed by atoms with Crippen LogP contribution in [0.1, 0.15) is 70.6 Å². The van der Waals surface area contributed by atoms with Crippen LogP contribution in [-0.4, -0.2) is 41.5 Å². The summed E-state index contributed by atoms with van der Waals surface area (Å²) in [5, 5.41) is 2.82. The Morgan fingerprint density at radius 3 is 2.31 bits per heavy atom. The molecule has 3 rings (SSSR count). The van der Waals surface area contributed by atoms with Crippen molar-refractivity contribution < 1.29 is 22.8 Å². The molecule has 0 unspecified atom stereocenters. The number of carbonyl (C=O) groups is 2. The van der Waals surface area contributed by atoms with Crippen LogP contribution < -0.4 is 5.32 Å². The summed E-state index contributed by atoms with van der Waals surface area (Å²) < 4.78 is 38.9. The average Bonchev–Trinajstić information content (AvgIpc) is 3.11. The van der Waals surface area contributed by atoms with Crippen molar-refractivity contribution in [3.05, 3.63) is 0 Å². The second kappa shape index (κ2) is 8.17. The molecule has 2 amide bonds. The van der Waals surface area contributed by atoms with Crippen LogP contribution in [0.15, 0.2) is 0 Å². The Labute approximate surface area is 152 Å². The lowest BCUT2D eigenvalue weighted by Gasteiger charge is -2.34. The fourth-order valence-corrected chi connectivity index (χ4v) is 4.80. The van der Waals surface area contributed by atoms with Crippen molar-refractivity contribution in [3.63, 3.8) is 0 Å². The molecule has 0 aromatic carbocycles. The van der Waals surface area contributed by atoms with Crippen LogP contribution in [0.2, 0.25) is 0 Å². The molecule has 3 aliphatic rings. The van der Waals surface area contributed by atoms with Gasteiger partial charge in [-0.15, -0.1) is 0 Å². The molecule has 0 radical (unpaired) electrons. The van der Waals surface area contributed by atoms with Crippen molar-refractivity contribution in [2.75, 3.05) is 6.54 Å². The first-order valence-corrected chi connectivity index (χ1v) is 10.0. The Balaban J connectivity index is 1.57. The highest BCUT2D eigenvalue weighted by atomic mass is 19.4. The number of carbonyl (C=O) groups excluding carboxylic acids is 2. The number of rotatable bonds is 3. The van der Waals surface area contributed by atoms with E-state index in [9.17, 15) is 22.8 Å². The number of nitrogens with zero attached hydrogens (tertiary/aromatic N) is 1. The second-order valence-electron chi connectivity index (χ2n) is 8.14. The first kappa shape index (κ1) is 19.5. The second-order valence-corrected chi connectivity index (χ2v) is 8.14. The molecule has 0 aromatic rings. The van der Waals surface area contributed by atoms with Gasteiger partial charge in [0.05, 0.1) is 5.92 Å². The minimum Gasteiger partial charge on any atom is -0.352 e. The van der Waals surface area contributed by atoms with Crippen LogP contribution in [0.25, 0.3) is 0 Å². The topological polar surface area (TPSA) is 49.4 Å². The molecule has 0 spiro atoms. The van der Waals surface area contributed by atoms with Crippen molar-refractivity contribution in [2.45, 2.75) is 88.9 Å². The van der Waals surface area contributed by atoms with Gasteiger partial charge < -0.3 is 10.2 Å². The van der Waals surface area contributed by atoms with Crippen LogP contribution in [-0.2, 0) is 9.59 Å². The van der Waals surface area contributed by atoms with Crippen molar-refractivity contribution >= 4 is 11.8 Å². The molecular weight excluding hydrogens is 345 g/mol. The number of hydrogen-bond acceptors (Lipinski definition) is 2. The zero-order valence-corrected chi connectivity index (χ0v) is 15.2. The van der Waals surface area contributed by atoms with Gasteiger partial charge in [0.1, 0.15) is 6.04 Å². The van der Waals surface area contributed by atoms with E-state index in [2.05, 4.69) is 5.32 Å². The van der Waals surface area contributed by atoms with Gasteiger partial charge in [-0.3, -0.25) is 9.59 Å². The fraction of sp³-hybridized carbons (Fsp3) is 0.895. The first-order valence-electron chi connectivity index (χ1n) is 10.0. The molecule has 2 saturated carbocycles. The summed E-state index contributed by atoms with van der Waals surface area (Å²) in [7, 11) is 0. The maximum atomic E-state index is 13.0. The van der Waals surface area contributed by atoms with E-state index in [0.717, 1.165) is 38.5 Å². The van der Waals surface area contributed by atoms with Crippen LogP contribution in [0, 0.1) is 11.8 Å². The lowest BCUT2D eigenvalue weighted by Crippen LogP contribution is -2.51. The van der Waals surface area contributed by atoms with Gasteiger partial charge >= 0.3 is 6.18 Å². The Kier molecular flexibility index (Phi) is 6.13. The Hall–Kier alpha value is -1.27. The Bertz CT molecular complexity index is 517. The monoisotopic (exact) mass is 374 g/mol. The Morgan fingerprint density at radius 2 is 1.62 bits per heavy atom. The molecule has 1 aliphatic heterocycles. The minimum absolute atomic E-state index is 0.0152. The summed E-state index contributed by atoms with van der Waals surface area (Å²) in [6, 6.07) is -0.939. The third-order valence-corrected chi connectivity index (χ3v) is 6.28. The molecule has 7 heteroatoms. The molecule has 3 atom stereocenters. The smallest absolute Gasteiger partial charge is 0.352 e. The van der Waals surface area contributed by atoms with E-state index in [1.807, 2.05) is 0 Å². The van der Waals surface area contributed by atoms with Gasteiger partial charge in [-0.1, -0.05) is 25.7 Å². The first-order chi connectivity index (χ1) is 12.4. The number of hydrogen-bond donors (Lipinski definition) is 1. The van der Waals surface area contributed by atoms with E-state index in [-0.39, 0.29) is 30.6 Å². The van der Waals surface area contributed by atoms with Crippen molar-refractivity contribution in [1.29, 1.82) is 0 Å². The third kappa shape index (κ3) is 4.52. The van der Waals surface area contributed by atoms with Crippen molar-refractivity contribution in [1.82, 2.24) is 10.2 Å². The van der Waals surface area contributed by atoms with Gasteiger partial charge in [0.15, 0.2) is 0 Å². The van der Waals surface area contributed by atoms with Crippen LogP contribution in [0.5, 0.6) is 0 Å². The minimum atomic E-state index is -4.19. The standard InChI is InChI=1S/C19H29F3N2O2/c20-19(21,22)14-8-4-9-15(12-14)23-17(25)16-10-5-11-24(16)18(26)13-6-2-1-3-7-13/h13-16H,1-12H2,(H,23,25)/t14-,15-,16+/m1/s1. The molecule has 4 nitrogen and oxygen atoms in total. The van der Waals surface area contributed by atoms with E-state index < -0.39 is 24.2 Å². The molecule has 26 heavy (non-hydrogen) atoms. The molecule has 148 valence electrons. The van der Waals surface area contributed by atoms with Gasteiger partial charge in [-0.05, 0) is 44.9 Å². The van der Waals surface area contributed by atoms with Crippen LogP contribution >= 0.6 is 0 Å². The van der Waals surface area contributed by atoms with Crippen LogP contribution in [0.3, 0.4) is 0 Å². The van der Waals surface area contributed by atoms with Crippen molar-refractivity contribution in [3.8, 4) is 0 Å². The fourth-order valence-electron chi connectivity index (χ4n) is 4.80. The molecule has 2 aliphatic carbocycles. The molecule has 1 heterocycles. The molecule has 3 fully saturated rings. The highest BCUT2D eigenvalue weighted by Crippen LogP contribution is 2.37. The summed E-state index contributed by atoms with van der Waals surface area (Å²) in [6.45, 7) is 0.587. The maximum absolute atomic E-state index is 13.0. The maximum Gasteiger partial charge on any atom is 0.391 e. The zero-order valence-electron chi connectivity index (χ0n) is 15.2. The van der Waals surface area contributed by atoms with E-state index in [4.69, 9.17) is 0 Å². The number of alkyl halides is 3. The molecule has 1 saturated heterocycles. The molecule has 1 N–H and O–H groups in total. The van der Waals surface area contributed by atoms with Crippen molar-refractivity contribution in [2.24, 2.45) is 11.8 Å². The summed E-state index contributed by atoms with van der Waals surface area (Å²) in [4.78, 5) is 27.2. The lowest BCUT2D eigenvalue weighted by molar-refractivity contribution is -0.184. The largest absolute Gasteiger partial charge is 0.391 e. The summed E-state index contributed by atoms with van der Waals surface area (Å²) in [5.74, 6) is -1.51. The molecule has 0 aromatic heterocycles. The number of halogens is 3. The highest BCUT2D eigenvalue weighted by Gasteiger charge is 2.43. The lowest BCUT2D eigenvalue weighted by atomic mass is 9.85. The summed E-state index contributed by atoms with van der Waals surface area (Å²) in [6.07, 6.45) is 3.42. The van der Waals surface area contributed by atoms with Gasteiger partial charge in [-0.25, -0.2) is 0 Å². The Morgan fingerprint density at radius 1 is 0.885 bits per heavy atom. The predicted octanol–water partition coefficient (Wildman–Crippen LogP) is 3.80. The molecule has 0 bridgehead atoms. The van der Waals surface area contributed by atoms with E-state index in [1.165, 1.54) is 0 Å². The number of likely N-dealkylation sites (tertiary alicyclic amines) is 1. The van der Waals surface area contributed by atoms with Gasteiger partial charge in [0, 0.05) is 18.5 Å². The zero-order chi connectivity index (χ0) is 18.7. The van der Waals surface area contributed by atoms with Crippen LogP contribution in [0.4, 0.5) is 13.2 Å². The average molecular weight is 374 g/mol. The van der Waals surface area contributed by atoms with E-state index in [0.29, 0.717) is 25.8 Å². The summed E-state index contributed by atoms with van der Waals surface area (Å²) in [5.41, 5.74) is 0. The summed E-state index contributed by atoms with van der Waals surface area (Å²) >= 11 is 0. The highest BCUT2D eigenvalue weighted by molar-refractivity contribution is 5.89. The normalized spacial score (nSPS) is 31.0. The van der Waals surface area contributed by atoms with E-state index in [1.54, 1.807) is 4.90 Å². The quantitative estimate of drug-likeness (QED) is 0.817. The predicted molar refractivity (Wildman–Crippen MR) is 91.3 cm³/mol. The molecular formula is C19H29F3N2O2. The number of amides is 2. The van der Waals surface area contributed by atoms with Gasteiger partial charge in [0.2, 0.25) is 11.8 Å². The third-order valence-electron chi connectivity index (χ3n) is 6.28. The van der Waals surface area contributed by atoms with Gasteiger partial charge in [0.25, 0.3) is 0 Å². The van der Waals surface area contributed by atoms with E-state index >= 15 is 0 Å².